The number of hydrogen-bond acceptors (Lipinski definition) is 6. The fourth-order valence-electron chi connectivity index (χ4n) is 3.33. The molecule has 0 spiro atoms. The highest BCUT2D eigenvalue weighted by Gasteiger charge is 2.37. The van der Waals surface area contributed by atoms with Crippen LogP contribution in [0.15, 0.2) is 53.6 Å². The van der Waals surface area contributed by atoms with Crippen molar-refractivity contribution in [2.24, 2.45) is 5.10 Å². The largest absolute Gasteiger partial charge is 0.346 e. The molecule has 2 aromatic carbocycles. The lowest BCUT2D eigenvalue weighted by Crippen LogP contribution is -2.58. The first-order valence-corrected chi connectivity index (χ1v) is 8.65. The number of hydrazine groups is 2. The number of hydrogen-bond donors (Lipinski definition) is 5. The number of carbonyl (C=O) groups excluding carboxylic acids is 1. The van der Waals surface area contributed by atoms with Crippen molar-refractivity contribution in [3.63, 3.8) is 0 Å². The maximum atomic E-state index is 12.3. The first kappa shape index (κ1) is 17.0. The Labute approximate surface area is 157 Å². The summed E-state index contributed by atoms with van der Waals surface area (Å²) in [6.07, 6.45) is 0.299. The van der Waals surface area contributed by atoms with E-state index in [1.54, 1.807) is 7.05 Å². The van der Waals surface area contributed by atoms with Crippen LogP contribution in [0, 0.1) is 5.41 Å². The van der Waals surface area contributed by atoms with Crippen LogP contribution in [0.2, 0.25) is 0 Å². The Kier molecular flexibility index (Phi) is 4.04. The summed E-state index contributed by atoms with van der Waals surface area (Å²) in [5, 5.41) is 15.3. The number of rotatable bonds is 3. The molecule has 27 heavy (non-hydrogen) atoms. The van der Waals surface area contributed by atoms with Gasteiger partial charge >= 0.3 is 0 Å². The van der Waals surface area contributed by atoms with Gasteiger partial charge in [0, 0.05) is 12.6 Å². The van der Waals surface area contributed by atoms with Crippen LogP contribution in [0.25, 0.3) is 11.1 Å². The van der Waals surface area contributed by atoms with Gasteiger partial charge in [-0.05, 0) is 35.7 Å². The summed E-state index contributed by atoms with van der Waals surface area (Å²) in [5.74, 6) is 0.765. The lowest BCUT2D eigenvalue weighted by atomic mass is 9.85. The van der Waals surface area contributed by atoms with Crippen molar-refractivity contribution in [2.45, 2.75) is 18.9 Å². The standard InChI is InChI=1S/C19H21N7O/c1-19(11-16(27)26(2)18(20)21-19)15-8-4-6-13(10-15)12-5-3-7-14(9-12)17-22-24-25-23-17/h3-10,24-25H,11H2,1-2H3,(H2,20,21)(H,22,23)/t19-/m0/s1. The monoisotopic (exact) mass is 363 g/mol. The van der Waals surface area contributed by atoms with E-state index in [4.69, 9.17) is 5.41 Å². The van der Waals surface area contributed by atoms with Crippen molar-refractivity contribution in [1.82, 2.24) is 26.7 Å². The minimum Gasteiger partial charge on any atom is -0.346 e. The van der Waals surface area contributed by atoms with Crippen LogP contribution in [0.1, 0.15) is 24.5 Å². The summed E-state index contributed by atoms with van der Waals surface area (Å²) >= 11 is 0. The smallest absolute Gasteiger partial charge is 0.231 e. The first-order chi connectivity index (χ1) is 13.0. The Hall–Kier alpha value is -3.39. The molecule has 0 aromatic heterocycles. The second-order valence-corrected chi connectivity index (χ2v) is 6.92. The summed E-state index contributed by atoms with van der Waals surface area (Å²) in [4.78, 5) is 13.6. The summed E-state index contributed by atoms with van der Waals surface area (Å²) in [5.41, 5.74) is 11.7. The van der Waals surface area contributed by atoms with Crippen LogP contribution in [-0.4, -0.2) is 29.6 Å². The van der Waals surface area contributed by atoms with Crippen molar-refractivity contribution < 1.29 is 4.79 Å². The molecule has 0 aliphatic carbocycles. The van der Waals surface area contributed by atoms with E-state index in [0.29, 0.717) is 6.42 Å². The molecule has 0 bridgehead atoms. The second kappa shape index (κ2) is 6.40. The quantitative estimate of drug-likeness (QED) is 0.564. The molecule has 1 amide bonds. The molecule has 1 saturated heterocycles. The van der Waals surface area contributed by atoms with E-state index in [0.717, 1.165) is 28.1 Å². The van der Waals surface area contributed by atoms with E-state index in [1.165, 1.54) is 4.90 Å². The van der Waals surface area contributed by atoms with Crippen molar-refractivity contribution in [1.29, 1.82) is 5.41 Å². The van der Waals surface area contributed by atoms with Crippen molar-refractivity contribution in [2.75, 3.05) is 7.05 Å². The van der Waals surface area contributed by atoms with Gasteiger partial charge in [-0.2, -0.15) is 0 Å². The molecule has 0 radical (unpaired) electrons. The highest BCUT2D eigenvalue weighted by atomic mass is 16.2. The number of carbonyl (C=O) groups is 1. The number of amides is 1. The normalized spacial score (nSPS) is 22.0. The molecule has 0 unspecified atom stereocenters. The van der Waals surface area contributed by atoms with E-state index < -0.39 is 5.54 Å². The first-order valence-electron chi connectivity index (χ1n) is 8.65. The molecule has 2 heterocycles. The summed E-state index contributed by atoms with van der Waals surface area (Å²) < 4.78 is 0. The zero-order valence-corrected chi connectivity index (χ0v) is 15.1. The number of guanidine groups is 1. The van der Waals surface area contributed by atoms with E-state index >= 15 is 0 Å². The predicted octanol–water partition coefficient (Wildman–Crippen LogP) is 1.23. The van der Waals surface area contributed by atoms with Crippen LogP contribution in [0.5, 0.6) is 0 Å². The van der Waals surface area contributed by atoms with Gasteiger partial charge in [0.05, 0.1) is 12.0 Å². The number of nitrogens with one attached hydrogen (secondary N) is 5. The minimum absolute atomic E-state index is 0.0704. The van der Waals surface area contributed by atoms with Crippen LogP contribution in [-0.2, 0) is 10.3 Å². The fraction of sp³-hybridized carbons (Fsp3) is 0.211. The number of nitrogens with zero attached hydrogens (tertiary/aromatic N) is 2. The molecule has 8 nitrogen and oxygen atoms in total. The van der Waals surface area contributed by atoms with Crippen LogP contribution >= 0.6 is 0 Å². The molecule has 5 N–H and O–H groups in total. The molecule has 2 aromatic rings. The third kappa shape index (κ3) is 3.11. The van der Waals surface area contributed by atoms with Gasteiger partial charge in [0.25, 0.3) is 0 Å². The minimum atomic E-state index is -0.612. The average Bonchev–Trinajstić information content (AvgIpc) is 3.21. The summed E-state index contributed by atoms with van der Waals surface area (Å²) in [6.45, 7) is 1.95. The van der Waals surface area contributed by atoms with Gasteiger partial charge < -0.3 is 5.32 Å². The van der Waals surface area contributed by atoms with E-state index in [1.807, 2.05) is 43.3 Å². The van der Waals surface area contributed by atoms with Gasteiger partial charge in [-0.1, -0.05) is 36.4 Å². The molecular weight excluding hydrogens is 342 g/mol. The van der Waals surface area contributed by atoms with Crippen molar-refractivity contribution in [3.05, 3.63) is 59.7 Å². The molecule has 4 rings (SSSR count). The third-order valence-electron chi connectivity index (χ3n) is 4.98. The summed E-state index contributed by atoms with van der Waals surface area (Å²) in [7, 11) is 1.61. The number of amidine groups is 1. The van der Waals surface area contributed by atoms with E-state index in [-0.39, 0.29) is 11.9 Å². The Bertz CT molecular complexity index is 935. The topological polar surface area (TPSA) is 105 Å². The van der Waals surface area contributed by atoms with Gasteiger partial charge in [0.15, 0.2) is 11.8 Å². The van der Waals surface area contributed by atoms with Gasteiger partial charge in [-0.25, -0.2) is 5.53 Å². The zero-order chi connectivity index (χ0) is 19.0. The molecular formula is C19H21N7O. The molecule has 0 saturated carbocycles. The predicted molar refractivity (Wildman–Crippen MR) is 103 cm³/mol. The van der Waals surface area contributed by atoms with E-state index in [2.05, 4.69) is 39.0 Å². The fourth-order valence-corrected chi connectivity index (χ4v) is 3.33. The van der Waals surface area contributed by atoms with Crippen LogP contribution in [0.4, 0.5) is 0 Å². The molecule has 2 aliphatic heterocycles. The second-order valence-electron chi connectivity index (χ2n) is 6.92. The van der Waals surface area contributed by atoms with Crippen molar-refractivity contribution >= 4 is 17.7 Å². The lowest BCUT2D eigenvalue weighted by molar-refractivity contribution is -0.129. The Morgan fingerprint density at radius 3 is 2.52 bits per heavy atom. The molecule has 1 fully saturated rings. The van der Waals surface area contributed by atoms with Gasteiger partial charge in [-0.3, -0.25) is 20.5 Å². The zero-order valence-electron chi connectivity index (χ0n) is 15.1. The van der Waals surface area contributed by atoms with Gasteiger partial charge in [0.2, 0.25) is 5.91 Å². The Morgan fingerprint density at radius 1 is 1.11 bits per heavy atom. The Morgan fingerprint density at radius 2 is 1.81 bits per heavy atom. The Balaban J connectivity index is 1.68. The maximum absolute atomic E-state index is 12.3. The molecule has 138 valence electrons. The van der Waals surface area contributed by atoms with Crippen molar-refractivity contribution in [3.8, 4) is 11.1 Å². The third-order valence-corrected chi connectivity index (χ3v) is 4.98. The number of benzene rings is 2. The van der Waals surface area contributed by atoms with Gasteiger partial charge in [0.1, 0.15) is 0 Å². The van der Waals surface area contributed by atoms with Gasteiger partial charge in [-0.15, -0.1) is 10.6 Å². The molecule has 2 aliphatic rings. The molecule has 8 heteroatoms. The average molecular weight is 363 g/mol. The number of hydrazone groups is 1. The highest BCUT2D eigenvalue weighted by molar-refractivity contribution is 6.00. The maximum Gasteiger partial charge on any atom is 0.231 e. The SMILES string of the molecule is CN1C(=N)N[C@](C)(c2cccc(-c3cccc(C4=NNNN4)c3)c2)CC1=O. The van der Waals surface area contributed by atoms with E-state index in [9.17, 15) is 4.79 Å². The summed E-state index contributed by atoms with van der Waals surface area (Å²) in [6, 6.07) is 16.1. The van der Waals surface area contributed by atoms with Crippen LogP contribution < -0.4 is 21.8 Å². The lowest BCUT2D eigenvalue weighted by Gasteiger charge is -2.39. The highest BCUT2D eigenvalue weighted by Crippen LogP contribution is 2.31. The molecule has 1 atom stereocenters. The van der Waals surface area contributed by atoms with Crippen LogP contribution in [0.3, 0.4) is 0 Å².